The molecule has 45 heteroatoms. The minimum absolute atomic E-state index is 0.00720. The number of phenolic OH excluding ortho intramolecular Hbond substituents is 1. The molecule has 3 rings (SSSR count). The number of aromatic hydroxyl groups is 1. The van der Waals surface area contributed by atoms with Gasteiger partial charge in [0.2, 0.25) is 106 Å². The van der Waals surface area contributed by atoms with Gasteiger partial charge >= 0.3 is 5.97 Å². The monoisotopic (exact) mass is 1750 g/mol. The molecule has 2 aromatic heterocycles. The van der Waals surface area contributed by atoms with Crippen molar-refractivity contribution < 1.29 is 106 Å². The number of benzene rings is 1. The first-order chi connectivity index (χ1) is 58.1. The summed E-state index contributed by atoms with van der Waals surface area (Å²) in [4.78, 5) is 268. The number of nitrogens with two attached hydrogens (primary N) is 3. The number of aromatic amines is 2. The molecule has 0 spiro atoms. The summed E-state index contributed by atoms with van der Waals surface area (Å²) in [7, 11) is 0. The van der Waals surface area contributed by atoms with Crippen LogP contribution < -0.4 is 102 Å². The summed E-state index contributed by atoms with van der Waals surface area (Å²) in [5.41, 5.74) is 18.3. The van der Waals surface area contributed by atoms with Crippen LogP contribution in [0.5, 0.6) is 5.75 Å². The number of hydrogen-bond donors (Lipinski definition) is 24. The Morgan fingerprint density at radius 3 is 1.21 bits per heavy atom. The van der Waals surface area contributed by atoms with Crippen molar-refractivity contribution in [3.05, 3.63) is 66.3 Å². The number of aliphatic hydroxyl groups is 1. The second-order valence-electron chi connectivity index (χ2n) is 32.2. The third-order valence-corrected chi connectivity index (χ3v) is 19.1. The molecule has 0 aliphatic heterocycles. The van der Waals surface area contributed by atoms with Crippen LogP contribution in [0, 0.1) is 29.6 Å². The quantitative estimate of drug-likeness (QED) is 0.0250. The van der Waals surface area contributed by atoms with Crippen LogP contribution in [0.25, 0.3) is 0 Å². The van der Waals surface area contributed by atoms with E-state index < -0.39 is 248 Å². The van der Waals surface area contributed by atoms with Crippen LogP contribution in [-0.4, -0.2) is 258 Å². The number of nitrogens with one attached hydrogen (secondary N) is 18. The van der Waals surface area contributed by atoms with Crippen molar-refractivity contribution >= 4 is 112 Å². The maximum atomic E-state index is 14.3. The van der Waals surface area contributed by atoms with Gasteiger partial charge in [-0.25, -0.2) is 9.97 Å². The molecule has 0 aliphatic rings. The van der Waals surface area contributed by atoms with Crippen LogP contribution in [0.2, 0.25) is 0 Å². The van der Waals surface area contributed by atoms with Crippen molar-refractivity contribution in [3.63, 3.8) is 0 Å². The molecule has 0 aliphatic carbocycles. The molecule has 16 atom stereocenters. The van der Waals surface area contributed by atoms with Crippen molar-refractivity contribution in [2.45, 2.75) is 258 Å². The van der Waals surface area contributed by atoms with Crippen LogP contribution in [0.4, 0.5) is 0 Å². The minimum atomic E-state index is -1.81. The standard InChI is InChI=1S/C79H125N23O22/c1-15-41(10)64(78(123)100-55(25-40(8)9)77(122)102-65(45(14)103)79(124)95-52(66(82)111)22-37(2)3)101-62(108)34-86-68(113)43(12)91-69(114)44(13)92-73(118)57(28-48-31-84-36-89-48)99-76(121)58(29-59(81)105)93-61(107)33-85-67(112)42(11)90-60(106)32-87-71(116)56(27-47-30-83-35-88-47)98-75(120)54(24-39(6)7)97-74(119)53(23-38(4)5)96-72(117)51(20-21-63(109)110)94-70(115)50(80)26-46-16-18-49(104)19-17-46/h16-19,30-31,35-45,50-58,64-65,103-104H,15,20-29,32-34,80H2,1-14H3,(H2,81,105)(H2,82,111)(H,83,88)(H,84,89)(H,85,112)(H,86,113)(H,87,116)(H,90,106)(H,91,114)(H,92,118)(H,93,107)(H,94,115)(H,95,124)(H,96,117)(H,97,119)(H,98,120)(H,99,121)(H,100,123)(H,101,108)(H,102,122)(H,109,110)/t41-,42-,43-,44-,45+,50-,51-,52-,53+,54-,55-,56-,57-,58-,64-,65-/m0/s1. The van der Waals surface area contributed by atoms with Gasteiger partial charge in [0.15, 0.2) is 0 Å². The minimum Gasteiger partial charge on any atom is -0.508 e. The fourth-order valence-corrected chi connectivity index (χ4v) is 12.2. The average molecular weight is 1750 g/mol. The Labute approximate surface area is 717 Å². The van der Waals surface area contributed by atoms with Gasteiger partial charge in [0.05, 0.1) is 50.9 Å². The lowest BCUT2D eigenvalue weighted by Gasteiger charge is -2.29. The highest BCUT2D eigenvalue weighted by atomic mass is 16.4. The summed E-state index contributed by atoms with van der Waals surface area (Å²) in [6.45, 7) is 20.0. The average Bonchev–Trinajstić information content (AvgIpc) is 1.27. The lowest BCUT2D eigenvalue weighted by Crippen LogP contribution is -2.61. The molecule has 688 valence electrons. The number of carbonyl (C=O) groups excluding carboxylic acids is 18. The number of rotatable bonds is 55. The van der Waals surface area contributed by atoms with Crippen LogP contribution in [0.1, 0.15) is 165 Å². The zero-order valence-corrected chi connectivity index (χ0v) is 72.3. The molecule has 27 N–H and O–H groups in total. The topological polar surface area (TPSA) is 713 Å². The van der Waals surface area contributed by atoms with Crippen molar-refractivity contribution in [2.24, 2.45) is 46.8 Å². The molecule has 0 saturated carbocycles. The Hall–Kier alpha value is -12.7. The Morgan fingerprint density at radius 2 is 0.766 bits per heavy atom. The van der Waals surface area contributed by atoms with Crippen molar-refractivity contribution in [1.82, 2.24) is 105 Å². The normalized spacial score (nSPS) is 15.1. The molecular weight excluding hydrogens is 1620 g/mol. The summed E-state index contributed by atoms with van der Waals surface area (Å²) in [5, 5.41) is 68.9. The summed E-state index contributed by atoms with van der Waals surface area (Å²) in [6.07, 6.45) is 1.84. The third kappa shape index (κ3) is 39.0. The molecule has 124 heavy (non-hydrogen) atoms. The number of primary amides is 2. The predicted molar refractivity (Wildman–Crippen MR) is 444 cm³/mol. The number of aliphatic hydroxyl groups excluding tert-OH is 1. The van der Waals surface area contributed by atoms with Crippen molar-refractivity contribution in [3.8, 4) is 5.75 Å². The first kappa shape index (κ1) is 105. The lowest BCUT2D eigenvalue weighted by molar-refractivity contribution is -0.138. The summed E-state index contributed by atoms with van der Waals surface area (Å²) < 4.78 is 0. The number of aliphatic carboxylic acids is 1. The van der Waals surface area contributed by atoms with E-state index in [1.165, 1.54) is 77.0 Å². The first-order valence-corrected chi connectivity index (χ1v) is 40.8. The molecule has 0 radical (unpaired) electrons. The molecular formula is C79H125N23O22. The second kappa shape index (κ2) is 52.6. The Bertz CT molecular complexity index is 4130. The SMILES string of the molecule is CC[C@H](C)[C@H](NC(=O)CNC(=O)[C@H](C)NC(=O)[C@H](C)NC(=O)[C@H](Cc1cnc[nH]1)NC(=O)[C@H](CC(N)=O)NC(=O)CNC(=O)[C@H](C)NC(=O)CNC(=O)[C@H](Cc1cnc[nH]1)NC(=O)[C@H](CC(C)C)NC(=O)[C@@H](CC(C)C)NC(=O)[C@H](CCC(=O)O)NC(=O)[C@@H](N)Cc1ccc(O)cc1)C(=O)N[C@@H](CC(C)C)C(=O)N[C@H](C(=O)N[C@@H](CC(C)C)C(N)=O)[C@@H](C)O. The number of imidazole rings is 2. The van der Waals surface area contributed by atoms with E-state index in [9.17, 15) is 106 Å². The van der Waals surface area contributed by atoms with Gasteiger partial charge in [0.1, 0.15) is 84.3 Å². The van der Waals surface area contributed by atoms with Gasteiger partial charge in [-0.3, -0.25) is 91.1 Å². The number of hydrogen-bond acceptors (Lipinski definition) is 24. The fraction of sp³-hybridized carbons (Fsp3) is 0.608. The predicted octanol–water partition coefficient (Wildman–Crippen LogP) is -6.26. The maximum Gasteiger partial charge on any atom is 0.303 e. The van der Waals surface area contributed by atoms with Gasteiger partial charge in [0.25, 0.3) is 0 Å². The molecule has 0 bridgehead atoms. The Morgan fingerprint density at radius 1 is 0.395 bits per heavy atom. The number of aromatic nitrogens is 4. The highest BCUT2D eigenvalue weighted by Crippen LogP contribution is 2.17. The van der Waals surface area contributed by atoms with E-state index >= 15 is 0 Å². The van der Waals surface area contributed by atoms with Crippen molar-refractivity contribution in [1.29, 1.82) is 0 Å². The summed E-state index contributed by atoms with van der Waals surface area (Å²) in [5.74, 6) is -19.5. The summed E-state index contributed by atoms with van der Waals surface area (Å²) >= 11 is 0. The molecule has 1 aromatic carbocycles. The zero-order chi connectivity index (χ0) is 93.5. The van der Waals surface area contributed by atoms with Crippen LogP contribution in [0.3, 0.4) is 0 Å². The smallest absolute Gasteiger partial charge is 0.303 e. The van der Waals surface area contributed by atoms with Crippen LogP contribution in [-0.2, 0) is 110 Å². The van der Waals surface area contributed by atoms with E-state index in [0.717, 1.165) is 0 Å². The molecule has 45 nitrogen and oxygen atoms in total. The fourth-order valence-electron chi connectivity index (χ4n) is 12.2. The molecule has 0 saturated heterocycles. The van der Waals surface area contributed by atoms with E-state index in [1.54, 1.807) is 69.2 Å². The highest BCUT2D eigenvalue weighted by Gasteiger charge is 2.39. The number of H-pyrrole nitrogens is 2. The Kier molecular flexibility index (Phi) is 44.7. The van der Waals surface area contributed by atoms with Gasteiger partial charge in [-0.2, -0.15) is 0 Å². The molecule has 3 aromatic rings. The molecule has 0 fully saturated rings. The molecule has 18 amide bonds. The van der Waals surface area contributed by atoms with Gasteiger partial charge in [-0.05, 0) is 114 Å². The highest BCUT2D eigenvalue weighted by molar-refractivity contribution is 6.01. The Balaban J connectivity index is 1.65. The number of nitrogens with zero attached hydrogens (tertiary/aromatic N) is 2. The number of carbonyl (C=O) groups is 19. The largest absolute Gasteiger partial charge is 0.508 e. The van der Waals surface area contributed by atoms with Gasteiger partial charge < -0.3 is 128 Å². The van der Waals surface area contributed by atoms with Gasteiger partial charge in [0, 0.05) is 43.0 Å². The van der Waals surface area contributed by atoms with E-state index in [-0.39, 0.29) is 80.1 Å². The van der Waals surface area contributed by atoms with Crippen LogP contribution in [0.15, 0.2) is 49.3 Å². The first-order valence-electron chi connectivity index (χ1n) is 40.8. The van der Waals surface area contributed by atoms with Crippen LogP contribution >= 0.6 is 0 Å². The number of phenols is 1. The third-order valence-electron chi connectivity index (χ3n) is 19.1. The lowest BCUT2D eigenvalue weighted by atomic mass is 9.96. The number of carboxylic acids is 1. The van der Waals surface area contributed by atoms with E-state index in [1.807, 2.05) is 0 Å². The molecule has 0 unspecified atom stereocenters. The van der Waals surface area contributed by atoms with E-state index in [2.05, 4.69) is 105 Å². The number of amides is 18. The molecule has 2 heterocycles. The maximum absolute atomic E-state index is 14.3. The summed E-state index contributed by atoms with van der Waals surface area (Å²) in [6, 6.07) is -14.0. The van der Waals surface area contributed by atoms with Gasteiger partial charge in [-0.15, -0.1) is 0 Å². The van der Waals surface area contributed by atoms with Gasteiger partial charge in [-0.1, -0.05) is 87.8 Å². The van der Waals surface area contributed by atoms with E-state index in [4.69, 9.17) is 17.2 Å². The second-order valence-corrected chi connectivity index (χ2v) is 32.2. The van der Waals surface area contributed by atoms with Crippen molar-refractivity contribution in [2.75, 3.05) is 19.6 Å². The number of carboxylic acid groups (broad SMARTS) is 1. The van der Waals surface area contributed by atoms with E-state index in [0.29, 0.717) is 17.7 Å². The zero-order valence-electron chi connectivity index (χ0n) is 72.3.